The molecule has 2 aromatic carbocycles. The number of hydrogen-bond donors (Lipinski definition) is 0. The molecule has 0 amide bonds. The van der Waals surface area contributed by atoms with Crippen molar-refractivity contribution in [2.24, 2.45) is 0 Å². The molecule has 0 spiro atoms. The van der Waals surface area contributed by atoms with E-state index in [4.69, 9.17) is 10.00 Å². The summed E-state index contributed by atoms with van der Waals surface area (Å²) in [6.45, 7) is 2.12. The first-order chi connectivity index (χ1) is 10.7. The summed E-state index contributed by atoms with van der Waals surface area (Å²) < 4.78 is 6.89. The van der Waals surface area contributed by atoms with Crippen molar-refractivity contribution in [2.45, 2.75) is 6.92 Å². The lowest BCUT2D eigenvalue weighted by Gasteiger charge is -2.07. The van der Waals surface area contributed by atoms with Gasteiger partial charge in [0.2, 0.25) is 0 Å². The quantitative estimate of drug-likeness (QED) is 0.695. The fourth-order valence-electron chi connectivity index (χ4n) is 2.29. The van der Waals surface area contributed by atoms with Gasteiger partial charge in [-0.05, 0) is 43.3 Å². The Bertz CT molecular complexity index is 890. The molecule has 1 aromatic heterocycles. The standard InChI is InChI=1S/C17H13N3O2/c1-2-22-17(21)13-4-3-5-14(9-13)20-11-19-15-8-12(10-18)6-7-16(15)20/h3-9,11H,2H2,1H3. The highest BCUT2D eigenvalue weighted by molar-refractivity contribution is 5.90. The molecule has 3 rings (SSSR count). The summed E-state index contributed by atoms with van der Waals surface area (Å²) in [5.74, 6) is -0.347. The van der Waals surface area contributed by atoms with Gasteiger partial charge in [0.15, 0.2) is 0 Å². The van der Waals surface area contributed by atoms with Gasteiger partial charge in [-0.25, -0.2) is 9.78 Å². The van der Waals surface area contributed by atoms with Gasteiger partial charge in [0.1, 0.15) is 6.33 Å². The lowest BCUT2D eigenvalue weighted by molar-refractivity contribution is 0.0526. The topological polar surface area (TPSA) is 67.9 Å². The Morgan fingerprint density at radius 2 is 2.18 bits per heavy atom. The summed E-state index contributed by atoms with van der Waals surface area (Å²) in [5, 5.41) is 8.93. The maximum absolute atomic E-state index is 11.8. The maximum Gasteiger partial charge on any atom is 0.338 e. The summed E-state index contributed by atoms with van der Waals surface area (Å²) in [6.07, 6.45) is 1.68. The maximum atomic E-state index is 11.8. The average Bonchev–Trinajstić information content (AvgIpc) is 2.98. The third-order valence-corrected chi connectivity index (χ3v) is 3.31. The zero-order valence-electron chi connectivity index (χ0n) is 12.0. The Labute approximate surface area is 127 Å². The fourth-order valence-corrected chi connectivity index (χ4v) is 2.29. The molecule has 0 aliphatic rings. The van der Waals surface area contributed by atoms with Crippen molar-refractivity contribution in [1.82, 2.24) is 9.55 Å². The van der Waals surface area contributed by atoms with Crippen LogP contribution in [0.15, 0.2) is 48.8 Å². The van der Waals surface area contributed by atoms with Gasteiger partial charge < -0.3 is 4.74 Å². The van der Waals surface area contributed by atoms with Crippen molar-refractivity contribution >= 4 is 17.0 Å². The number of rotatable bonds is 3. The third-order valence-electron chi connectivity index (χ3n) is 3.31. The van der Waals surface area contributed by atoms with E-state index in [9.17, 15) is 4.79 Å². The van der Waals surface area contributed by atoms with E-state index in [0.717, 1.165) is 16.7 Å². The number of nitrogens with zero attached hydrogens (tertiary/aromatic N) is 3. The van der Waals surface area contributed by atoms with Crippen LogP contribution < -0.4 is 0 Å². The Kier molecular flexibility index (Phi) is 3.58. The molecule has 0 unspecified atom stereocenters. The van der Waals surface area contributed by atoms with Gasteiger partial charge in [0.05, 0.1) is 34.8 Å². The highest BCUT2D eigenvalue weighted by Gasteiger charge is 2.10. The van der Waals surface area contributed by atoms with Gasteiger partial charge in [-0.1, -0.05) is 6.07 Å². The number of fused-ring (bicyclic) bond motifs is 1. The van der Waals surface area contributed by atoms with Gasteiger partial charge in [-0.15, -0.1) is 0 Å². The lowest BCUT2D eigenvalue weighted by Crippen LogP contribution is -2.05. The first kappa shape index (κ1) is 13.8. The second-order valence-corrected chi connectivity index (χ2v) is 4.70. The summed E-state index contributed by atoms with van der Waals surface area (Å²) >= 11 is 0. The van der Waals surface area contributed by atoms with Crippen LogP contribution in [0, 0.1) is 11.3 Å². The molecular formula is C17H13N3O2. The summed E-state index contributed by atoms with van der Waals surface area (Å²) in [4.78, 5) is 16.1. The molecule has 0 N–H and O–H groups in total. The Balaban J connectivity index is 2.06. The zero-order valence-corrected chi connectivity index (χ0v) is 12.0. The van der Waals surface area contributed by atoms with E-state index in [1.807, 2.05) is 16.7 Å². The predicted molar refractivity (Wildman–Crippen MR) is 81.7 cm³/mol. The second-order valence-electron chi connectivity index (χ2n) is 4.70. The molecule has 0 bridgehead atoms. The van der Waals surface area contributed by atoms with Crippen LogP contribution in [0.25, 0.3) is 16.7 Å². The second kappa shape index (κ2) is 5.70. The van der Waals surface area contributed by atoms with Crippen molar-refractivity contribution in [1.29, 1.82) is 5.26 Å². The molecule has 0 aliphatic heterocycles. The van der Waals surface area contributed by atoms with Gasteiger partial charge in [0, 0.05) is 5.69 Å². The highest BCUT2D eigenvalue weighted by atomic mass is 16.5. The van der Waals surface area contributed by atoms with Crippen LogP contribution in [0.3, 0.4) is 0 Å². The minimum Gasteiger partial charge on any atom is -0.462 e. The largest absolute Gasteiger partial charge is 0.462 e. The van der Waals surface area contributed by atoms with E-state index >= 15 is 0 Å². The number of ether oxygens (including phenoxy) is 1. The van der Waals surface area contributed by atoms with Crippen molar-refractivity contribution in [3.8, 4) is 11.8 Å². The smallest absolute Gasteiger partial charge is 0.338 e. The monoisotopic (exact) mass is 291 g/mol. The number of imidazole rings is 1. The average molecular weight is 291 g/mol. The van der Waals surface area contributed by atoms with Crippen LogP contribution in [-0.2, 0) is 4.74 Å². The molecule has 0 aliphatic carbocycles. The van der Waals surface area contributed by atoms with Crippen molar-refractivity contribution in [3.63, 3.8) is 0 Å². The first-order valence-electron chi connectivity index (χ1n) is 6.87. The van der Waals surface area contributed by atoms with E-state index in [0.29, 0.717) is 17.7 Å². The summed E-state index contributed by atoms with van der Waals surface area (Å²) in [6, 6.07) is 14.6. The number of aromatic nitrogens is 2. The molecule has 0 saturated heterocycles. The van der Waals surface area contributed by atoms with Crippen LogP contribution >= 0.6 is 0 Å². The molecule has 5 heteroatoms. The number of hydrogen-bond acceptors (Lipinski definition) is 4. The molecule has 108 valence electrons. The first-order valence-corrected chi connectivity index (χ1v) is 6.87. The predicted octanol–water partition coefficient (Wildman–Crippen LogP) is 3.07. The van der Waals surface area contributed by atoms with Crippen molar-refractivity contribution in [2.75, 3.05) is 6.61 Å². The van der Waals surface area contributed by atoms with E-state index in [1.165, 1.54) is 0 Å². The molecule has 5 nitrogen and oxygen atoms in total. The SMILES string of the molecule is CCOC(=O)c1cccc(-n2cnc3cc(C#N)ccc32)c1. The van der Waals surface area contributed by atoms with Crippen LogP contribution in [0.1, 0.15) is 22.8 Å². The molecular weight excluding hydrogens is 278 g/mol. The van der Waals surface area contributed by atoms with Crippen LogP contribution in [0.4, 0.5) is 0 Å². The van der Waals surface area contributed by atoms with E-state index in [2.05, 4.69) is 11.1 Å². The number of esters is 1. The van der Waals surface area contributed by atoms with Crippen LogP contribution in [0.2, 0.25) is 0 Å². The fraction of sp³-hybridized carbons (Fsp3) is 0.118. The Morgan fingerprint density at radius 3 is 2.95 bits per heavy atom. The van der Waals surface area contributed by atoms with E-state index < -0.39 is 0 Å². The summed E-state index contributed by atoms with van der Waals surface area (Å²) in [5.41, 5.74) is 3.49. The van der Waals surface area contributed by atoms with Gasteiger partial charge in [-0.3, -0.25) is 4.57 Å². The van der Waals surface area contributed by atoms with E-state index in [-0.39, 0.29) is 5.97 Å². The number of carbonyl (C=O) groups is 1. The number of nitriles is 1. The number of benzene rings is 2. The zero-order chi connectivity index (χ0) is 15.5. The normalized spacial score (nSPS) is 10.4. The molecule has 3 aromatic rings. The molecule has 0 radical (unpaired) electrons. The molecule has 0 atom stereocenters. The van der Waals surface area contributed by atoms with Gasteiger partial charge in [0.25, 0.3) is 0 Å². The van der Waals surface area contributed by atoms with E-state index in [1.54, 1.807) is 43.6 Å². The molecule has 0 fully saturated rings. The Hall–Kier alpha value is -3.13. The van der Waals surface area contributed by atoms with Gasteiger partial charge in [-0.2, -0.15) is 5.26 Å². The lowest BCUT2D eigenvalue weighted by atomic mass is 10.2. The number of carbonyl (C=O) groups excluding carboxylic acids is 1. The van der Waals surface area contributed by atoms with Crippen LogP contribution in [0.5, 0.6) is 0 Å². The summed E-state index contributed by atoms with van der Waals surface area (Å²) in [7, 11) is 0. The minimum atomic E-state index is -0.347. The van der Waals surface area contributed by atoms with Crippen LogP contribution in [-0.4, -0.2) is 22.1 Å². The van der Waals surface area contributed by atoms with Crippen molar-refractivity contribution < 1.29 is 9.53 Å². The molecule has 22 heavy (non-hydrogen) atoms. The highest BCUT2D eigenvalue weighted by Crippen LogP contribution is 2.20. The molecule has 0 saturated carbocycles. The third kappa shape index (κ3) is 2.42. The van der Waals surface area contributed by atoms with Crippen molar-refractivity contribution in [3.05, 3.63) is 59.9 Å². The Morgan fingerprint density at radius 1 is 1.32 bits per heavy atom. The minimum absolute atomic E-state index is 0.341. The van der Waals surface area contributed by atoms with Gasteiger partial charge >= 0.3 is 5.97 Å². The molecule has 1 heterocycles.